The minimum atomic E-state index is -0.938. The van der Waals surface area contributed by atoms with Gasteiger partial charge in [0.15, 0.2) is 0 Å². The van der Waals surface area contributed by atoms with E-state index >= 15 is 0 Å². The first-order valence-corrected chi connectivity index (χ1v) is 7.77. The zero-order chi connectivity index (χ0) is 16.7. The summed E-state index contributed by atoms with van der Waals surface area (Å²) in [6, 6.07) is 9.48. The van der Waals surface area contributed by atoms with E-state index in [4.69, 9.17) is 42.1 Å². The van der Waals surface area contributed by atoms with Crippen molar-refractivity contribution in [2.75, 3.05) is 13.2 Å². The van der Waals surface area contributed by atoms with E-state index in [2.05, 4.69) is 0 Å². The Morgan fingerprint density at radius 2 is 1.91 bits per heavy atom. The van der Waals surface area contributed by atoms with Gasteiger partial charge < -0.3 is 18.9 Å². The molecule has 1 heterocycles. The molecule has 0 spiro atoms. The summed E-state index contributed by atoms with van der Waals surface area (Å²) in [6.07, 6.45) is -1.38. The molecule has 126 valence electrons. The maximum Gasteiger partial charge on any atom is 0.404 e. The average molecular weight is 363 g/mol. The van der Waals surface area contributed by atoms with Crippen LogP contribution in [0.4, 0.5) is 9.59 Å². The number of rotatable bonds is 6. The molecule has 1 aliphatic heterocycles. The van der Waals surface area contributed by atoms with Gasteiger partial charge in [-0.05, 0) is 5.56 Å². The van der Waals surface area contributed by atoms with Crippen LogP contribution in [0.2, 0.25) is 0 Å². The Morgan fingerprint density at radius 1 is 1.17 bits per heavy atom. The number of hydrogen-bond donors (Lipinski definition) is 0. The van der Waals surface area contributed by atoms with E-state index in [1.165, 1.54) is 0 Å². The third-order valence-corrected chi connectivity index (χ3v) is 3.56. The lowest BCUT2D eigenvalue weighted by atomic mass is 10.0. The van der Waals surface area contributed by atoms with Crippen molar-refractivity contribution in [3.63, 3.8) is 0 Å². The van der Waals surface area contributed by atoms with Gasteiger partial charge in [0.2, 0.25) is 0 Å². The van der Waals surface area contributed by atoms with Crippen LogP contribution < -0.4 is 0 Å². The monoisotopic (exact) mass is 362 g/mol. The van der Waals surface area contributed by atoms with Crippen molar-refractivity contribution in [2.24, 2.45) is 0 Å². The lowest BCUT2D eigenvalue weighted by Gasteiger charge is -2.36. The highest BCUT2D eigenvalue weighted by atomic mass is 35.5. The van der Waals surface area contributed by atoms with E-state index in [1.54, 1.807) is 0 Å². The van der Waals surface area contributed by atoms with Crippen LogP contribution in [0.25, 0.3) is 0 Å². The summed E-state index contributed by atoms with van der Waals surface area (Å²) in [7, 11) is 0. The quantitative estimate of drug-likeness (QED) is 0.721. The molecule has 0 unspecified atom stereocenters. The number of benzene rings is 1. The lowest BCUT2D eigenvalue weighted by Crippen LogP contribution is -2.49. The van der Waals surface area contributed by atoms with Crippen LogP contribution in [0.3, 0.4) is 0 Å². The number of carbonyl (C=O) groups excluding carboxylic acids is 2. The molecular formula is C15H16Cl2O6. The van der Waals surface area contributed by atoms with E-state index in [-0.39, 0.29) is 13.2 Å². The molecule has 3 atom stereocenters. The second-order valence-corrected chi connectivity index (χ2v) is 5.52. The van der Waals surface area contributed by atoms with Crippen LogP contribution in [0.5, 0.6) is 0 Å². The maximum atomic E-state index is 11.0. The molecule has 0 aliphatic carbocycles. The predicted molar refractivity (Wildman–Crippen MR) is 82.7 cm³/mol. The fourth-order valence-corrected chi connectivity index (χ4v) is 2.53. The van der Waals surface area contributed by atoms with Gasteiger partial charge in [-0.2, -0.15) is 0 Å². The average Bonchev–Trinajstić information content (AvgIpc) is 2.52. The zero-order valence-corrected chi connectivity index (χ0v) is 13.7. The summed E-state index contributed by atoms with van der Waals surface area (Å²) in [5, 5.41) is 0. The molecule has 1 fully saturated rings. The van der Waals surface area contributed by atoms with Crippen LogP contribution in [-0.4, -0.2) is 42.4 Å². The molecule has 1 saturated heterocycles. The van der Waals surface area contributed by atoms with Crippen LogP contribution in [0.1, 0.15) is 12.0 Å². The Bertz CT molecular complexity index is 524. The first-order valence-electron chi connectivity index (χ1n) is 7.01. The molecule has 0 amide bonds. The summed E-state index contributed by atoms with van der Waals surface area (Å²) >= 11 is 10.5. The van der Waals surface area contributed by atoms with Gasteiger partial charge in [-0.25, -0.2) is 9.59 Å². The summed E-state index contributed by atoms with van der Waals surface area (Å²) in [5.41, 5.74) is -0.910. The van der Waals surface area contributed by atoms with Crippen molar-refractivity contribution in [2.45, 2.75) is 31.3 Å². The standard InChI is InChI=1S/C15H16Cl2O6/c16-14(18)22-9-12-13(11(6-7-20-12)23-15(17)19)21-8-10-4-2-1-3-5-10/h1-5,11-13H,6-9H2/t11-,12+,13+/m1/s1. The SMILES string of the molecule is O=C(Cl)OC[C@@H]1OCC[C@@H](OC(=O)Cl)[C@@H]1OCc1ccccc1. The zero-order valence-electron chi connectivity index (χ0n) is 12.2. The Hall–Kier alpha value is -1.34. The van der Waals surface area contributed by atoms with Gasteiger partial charge in [0.05, 0.1) is 13.2 Å². The topological polar surface area (TPSA) is 71.1 Å². The Kier molecular flexibility index (Phi) is 7.11. The van der Waals surface area contributed by atoms with E-state index in [9.17, 15) is 9.59 Å². The smallest absolute Gasteiger partial charge is 0.404 e. The van der Waals surface area contributed by atoms with Crippen LogP contribution in [0.15, 0.2) is 30.3 Å². The molecule has 0 N–H and O–H groups in total. The van der Waals surface area contributed by atoms with Crippen molar-refractivity contribution in [1.29, 1.82) is 0 Å². The van der Waals surface area contributed by atoms with Crippen molar-refractivity contribution < 1.29 is 28.5 Å². The summed E-state index contributed by atoms with van der Waals surface area (Å²) in [4.78, 5) is 21.8. The second-order valence-electron chi connectivity index (χ2n) is 4.90. The molecule has 0 radical (unpaired) electrons. The fourth-order valence-electron chi connectivity index (χ4n) is 2.35. The highest BCUT2D eigenvalue weighted by molar-refractivity contribution is 6.61. The van der Waals surface area contributed by atoms with E-state index in [0.29, 0.717) is 13.0 Å². The van der Waals surface area contributed by atoms with Gasteiger partial charge in [-0.15, -0.1) is 0 Å². The second kappa shape index (κ2) is 9.08. The van der Waals surface area contributed by atoms with E-state index in [0.717, 1.165) is 5.56 Å². The molecule has 1 aromatic carbocycles. The molecule has 23 heavy (non-hydrogen) atoms. The summed E-state index contributed by atoms with van der Waals surface area (Å²) < 4.78 is 21.2. The van der Waals surface area contributed by atoms with Crippen molar-refractivity contribution in [3.05, 3.63) is 35.9 Å². The predicted octanol–water partition coefficient (Wildman–Crippen LogP) is 3.48. The van der Waals surface area contributed by atoms with Crippen molar-refractivity contribution in [1.82, 2.24) is 0 Å². The van der Waals surface area contributed by atoms with Crippen LogP contribution >= 0.6 is 23.2 Å². The molecule has 0 aromatic heterocycles. The number of halogens is 2. The van der Waals surface area contributed by atoms with Crippen LogP contribution in [-0.2, 0) is 25.6 Å². The third-order valence-electron chi connectivity index (χ3n) is 3.36. The van der Waals surface area contributed by atoms with Crippen LogP contribution in [0, 0.1) is 0 Å². The highest BCUT2D eigenvalue weighted by Crippen LogP contribution is 2.23. The molecule has 1 aliphatic rings. The van der Waals surface area contributed by atoms with Gasteiger partial charge in [-0.1, -0.05) is 30.3 Å². The Labute approximate surface area is 143 Å². The number of ether oxygens (including phenoxy) is 4. The van der Waals surface area contributed by atoms with Gasteiger partial charge in [0, 0.05) is 29.6 Å². The fraction of sp³-hybridized carbons (Fsp3) is 0.467. The van der Waals surface area contributed by atoms with Gasteiger partial charge in [0.1, 0.15) is 24.9 Å². The molecule has 0 bridgehead atoms. The molecular weight excluding hydrogens is 347 g/mol. The summed E-state index contributed by atoms with van der Waals surface area (Å²) in [5.74, 6) is 0. The molecule has 0 saturated carbocycles. The molecule has 2 rings (SSSR count). The minimum absolute atomic E-state index is 0.0991. The summed E-state index contributed by atoms with van der Waals surface area (Å²) in [6.45, 7) is 0.513. The first kappa shape index (κ1) is 18.0. The molecule has 6 nitrogen and oxygen atoms in total. The molecule has 8 heteroatoms. The van der Waals surface area contributed by atoms with Gasteiger partial charge >= 0.3 is 10.9 Å². The van der Waals surface area contributed by atoms with Crippen molar-refractivity contribution in [3.8, 4) is 0 Å². The largest absolute Gasteiger partial charge is 0.451 e. The minimum Gasteiger partial charge on any atom is -0.451 e. The highest BCUT2D eigenvalue weighted by Gasteiger charge is 2.38. The van der Waals surface area contributed by atoms with Gasteiger partial charge in [-0.3, -0.25) is 0 Å². The van der Waals surface area contributed by atoms with Gasteiger partial charge in [0.25, 0.3) is 0 Å². The first-order chi connectivity index (χ1) is 11.1. The van der Waals surface area contributed by atoms with E-state index < -0.39 is 29.2 Å². The maximum absolute atomic E-state index is 11.0. The Morgan fingerprint density at radius 3 is 2.57 bits per heavy atom. The number of hydrogen-bond acceptors (Lipinski definition) is 6. The normalized spacial score (nSPS) is 24.0. The Balaban J connectivity index is 2.03. The van der Waals surface area contributed by atoms with Crippen molar-refractivity contribution >= 4 is 34.1 Å². The molecule has 1 aromatic rings. The number of carbonyl (C=O) groups is 2. The lowest BCUT2D eigenvalue weighted by molar-refractivity contribution is -0.172. The van der Waals surface area contributed by atoms with E-state index in [1.807, 2.05) is 30.3 Å². The third kappa shape index (κ3) is 5.99.